The van der Waals surface area contributed by atoms with Crippen LogP contribution in [0.4, 0.5) is 0 Å². The maximum Gasteiger partial charge on any atom is 0.0388 e. The molecule has 1 aromatic rings. The molecule has 1 aromatic heterocycles. The first kappa shape index (κ1) is 11.2. The normalized spacial score (nSPS) is 20.2. The van der Waals surface area contributed by atoms with Crippen LogP contribution in [-0.4, -0.2) is 6.04 Å². The summed E-state index contributed by atoms with van der Waals surface area (Å²) in [5.41, 5.74) is 0. The van der Waals surface area contributed by atoms with Gasteiger partial charge in [0.1, 0.15) is 0 Å². The van der Waals surface area contributed by atoms with Crippen LogP contribution in [0.1, 0.15) is 48.9 Å². The fourth-order valence-electron chi connectivity index (χ4n) is 2.12. The molecule has 0 amide bonds. The Hall–Kier alpha value is -0.340. The highest BCUT2D eigenvalue weighted by Crippen LogP contribution is 2.34. The summed E-state index contributed by atoms with van der Waals surface area (Å²) in [6.45, 7) is 6.76. The van der Waals surface area contributed by atoms with Gasteiger partial charge in [-0.2, -0.15) is 0 Å². The number of hydrogen-bond acceptors (Lipinski definition) is 2. The summed E-state index contributed by atoms with van der Waals surface area (Å²) in [5, 5.41) is 3.69. The molecule has 1 nitrogen and oxygen atoms in total. The van der Waals surface area contributed by atoms with Crippen LogP contribution in [0.15, 0.2) is 12.1 Å². The van der Waals surface area contributed by atoms with Crippen molar-refractivity contribution >= 4 is 11.3 Å². The molecule has 1 fully saturated rings. The van der Waals surface area contributed by atoms with Crippen molar-refractivity contribution in [2.24, 2.45) is 5.92 Å². The molecule has 1 heterocycles. The van der Waals surface area contributed by atoms with Gasteiger partial charge in [0.25, 0.3) is 0 Å². The van der Waals surface area contributed by atoms with Gasteiger partial charge in [0.15, 0.2) is 0 Å². The predicted molar refractivity (Wildman–Crippen MR) is 67.4 cm³/mol. The fourth-order valence-corrected chi connectivity index (χ4v) is 3.01. The van der Waals surface area contributed by atoms with Crippen molar-refractivity contribution in [3.63, 3.8) is 0 Å². The third-order valence-corrected chi connectivity index (χ3v) is 4.29. The van der Waals surface area contributed by atoms with Gasteiger partial charge >= 0.3 is 0 Å². The van der Waals surface area contributed by atoms with E-state index in [1.54, 1.807) is 0 Å². The SMILES string of the molecule is Cc1ccc(C(C)NC(C)CC2CC2)s1. The molecule has 2 unspecified atom stereocenters. The summed E-state index contributed by atoms with van der Waals surface area (Å²) in [7, 11) is 0. The van der Waals surface area contributed by atoms with Crippen LogP contribution in [0.5, 0.6) is 0 Å². The van der Waals surface area contributed by atoms with E-state index in [-0.39, 0.29) is 0 Å². The van der Waals surface area contributed by atoms with Crippen molar-refractivity contribution in [3.8, 4) is 0 Å². The van der Waals surface area contributed by atoms with Crippen molar-refractivity contribution in [3.05, 3.63) is 21.9 Å². The summed E-state index contributed by atoms with van der Waals surface area (Å²) < 4.78 is 0. The molecule has 0 saturated heterocycles. The molecule has 1 N–H and O–H groups in total. The van der Waals surface area contributed by atoms with E-state index in [9.17, 15) is 0 Å². The topological polar surface area (TPSA) is 12.0 Å². The molecule has 1 aliphatic rings. The number of aryl methyl sites for hydroxylation is 1. The quantitative estimate of drug-likeness (QED) is 0.798. The van der Waals surface area contributed by atoms with Gasteiger partial charge in [-0.05, 0) is 45.2 Å². The highest BCUT2D eigenvalue weighted by atomic mass is 32.1. The fraction of sp³-hybridized carbons (Fsp3) is 0.692. The molecule has 0 radical (unpaired) electrons. The summed E-state index contributed by atoms with van der Waals surface area (Å²) >= 11 is 1.91. The largest absolute Gasteiger partial charge is 0.307 e. The maximum absolute atomic E-state index is 3.69. The summed E-state index contributed by atoms with van der Waals surface area (Å²) in [5.74, 6) is 1.02. The van der Waals surface area contributed by atoms with E-state index in [1.807, 2.05) is 11.3 Å². The Morgan fingerprint density at radius 1 is 1.40 bits per heavy atom. The number of thiophene rings is 1. The molecular weight excluding hydrogens is 202 g/mol. The smallest absolute Gasteiger partial charge is 0.0388 e. The summed E-state index contributed by atoms with van der Waals surface area (Å²) in [6.07, 6.45) is 4.27. The van der Waals surface area contributed by atoms with Crippen LogP contribution in [-0.2, 0) is 0 Å². The van der Waals surface area contributed by atoms with Gasteiger partial charge < -0.3 is 5.32 Å². The van der Waals surface area contributed by atoms with Crippen molar-refractivity contribution < 1.29 is 0 Å². The Morgan fingerprint density at radius 2 is 2.13 bits per heavy atom. The van der Waals surface area contributed by atoms with Crippen LogP contribution in [0.3, 0.4) is 0 Å². The molecule has 0 aliphatic heterocycles. The molecule has 15 heavy (non-hydrogen) atoms. The van der Waals surface area contributed by atoms with Crippen molar-refractivity contribution in [1.82, 2.24) is 5.32 Å². The van der Waals surface area contributed by atoms with Gasteiger partial charge in [-0.1, -0.05) is 12.8 Å². The van der Waals surface area contributed by atoms with E-state index >= 15 is 0 Å². The van der Waals surface area contributed by atoms with Crippen molar-refractivity contribution in [2.75, 3.05) is 0 Å². The number of hydrogen-bond donors (Lipinski definition) is 1. The van der Waals surface area contributed by atoms with Crippen LogP contribution in [0.2, 0.25) is 0 Å². The van der Waals surface area contributed by atoms with E-state index in [4.69, 9.17) is 0 Å². The molecular formula is C13H21NS. The van der Waals surface area contributed by atoms with E-state index in [1.165, 1.54) is 29.0 Å². The molecule has 84 valence electrons. The second kappa shape index (κ2) is 4.67. The summed E-state index contributed by atoms with van der Waals surface area (Å²) in [6, 6.07) is 5.64. The zero-order valence-corrected chi connectivity index (χ0v) is 10.7. The lowest BCUT2D eigenvalue weighted by Gasteiger charge is -2.18. The van der Waals surface area contributed by atoms with Gasteiger partial charge in [-0.25, -0.2) is 0 Å². The molecule has 2 atom stereocenters. The first-order valence-corrected chi connectivity index (χ1v) is 6.79. The second-order valence-corrected chi connectivity index (χ2v) is 6.24. The zero-order valence-electron chi connectivity index (χ0n) is 9.92. The molecule has 0 aromatic carbocycles. The third-order valence-electron chi connectivity index (χ3n) is 3.11. The standard InChI is InChI=1S/C13H21NS/c1-9(8-12-5-6-12)14-11(3)13-7-4-10(2)15-13/h4,7,9,11-12,14H,5-6,8H2,1-3H3. The average molecular weight is 223 g/mol. The van der Waals surface area contributed by atoms with Crippen LogP contribution in [0.25, 0.3) is 0 Å². The first-order valence-electron chi connectivity index (χ1n) is 5.97. The van der Waals surface area contributed by atoms with Crippen LogP contribution in [0, 0.1) is 12.8 Å². The molecule has 2 rings (SSSR count). The zero-order chi connectivity index (χ0) is 10.8. The van der Waals surface area contributed by atoms with Gasteiger partial charge in [-0.3, -0.25) is 0 Å². The first-order chi connectivity index (χ1) is 7.15. The average Bonchev–Trinajstić information content (AvgIpc) is 2.85. The predicted octanol–water partition coefficient (Wildman–Crippen LogP) is 3.90. The van der Waals surface area contributed by atoms with E-state index in [0.29, 0.717) is 12.1 Å². The van der Waals surface area contributed by atoms with Gasteiger partial charge in [-0.15, -0.1) is 11.3 Å². The van der Waals surface area contributed by atoms with Crippen LogP contribution >= 0.6 is 11.3 Å². The Balaban J connectivity index is 1.82. The lowest BCUT2D eigenvalue weighted by Crippen LogP contribution is -2.28. The van der Waals surface area contributed by atoms with Crippen molar-refractivity contribution in [2.45, 2.75) is 52.1 Å². The van der Waals surface area contributed by atoms with Crippen LogP contribution < -0.4 is 5.32 Å². The van der Waals surface area contributed by atoms with Crippen molar-refractivity contribution in [1.29, 1.82) is 0 Å². The molecule has 1 aliphatic carbocycles. The highest BCUT2D eigenvalue weighted by molar-refractivity contribution is 7.12. The number of rotatable bonds is 5. The van der Waals surface area contributed by atoms with E-state index in [2.05, 4.69) is 38.2 Å². The lowest BCUT2D eigenvalue weighted by atomic mass is 10.1. The summed E-state index contributed by atoms with van der Waals surface area (Å²) in [4.78, 5) is 2.88. The Morgan fingerprint density at radius 3 is 2.67 bits per heavy atom. The minimum absolute atomic E-state index is 0.512. The molecule has 2 heteroatoms. The van der Waals surface area contributed by atoms with E-state index in [0.717, 1.165) is 5.92 Å². The Labute approximate surface area is 96.9 Å². The maximum atomic E-state index is 3.69. The lowest BCUT2D eigenvalue weighted by molar-refractivity contribution is 0.442. The van der Waals surface area contributed by atoms with E-state index < -0.39 is 0 Å². The highest BCUT2D eigenvalue weighted by Gasteiger charge is 2.24. The third kappa shape index (κ3) is 3.32. The molecule has 1 saturated carbocycles. The second-order valence-electron chi connectivity index (χ2n) is 4.92. The van der Waals surface area contributed by atoms with Gasteiger partial charge in [0.05, 0.1) is 0 Å². The van der Waals surface area contributed by atoms with Gasteiger partial charge in [0.2, 0.25) is 0 Å². The molecule has 0 bridgehead atoms. The minimum atomic E-state index is 0.512. The van der Waals surface area contributed by atoms with Gasteiger partial charge in [0, 0.05) is 21.8 Å². The molecule has 0 spiro atoms. The monoisotopic (exact) mass is 223 g/mol. The Kier molecular flexibility index (Phi) is 3.47. The number of nitrogens with one attached hydrogen (secondary N) is 1. The minimum Gasteiger partial charge on any atom is -0.307 e. The Bertz CT molecular complexity index is 314.